The molecule has 27 heavy (non-hydrogen) atoms. The van der Waals surface area contributed by atoms with Gasteiger partial charge in [-0.15, -0.1) is 0 Å². The molecule has 0 spiro atoms. The molecule has 0 heterocycles. The van der Waals surface area contributed by atoms with E-state index in [-0.39, 0.29) is 6.54 Å². The first-order valence-corrected chi connectivity index (χ1v) is 9.97. The van der Waals surface area contributed by atoms with Crippen LogP contribution in [0.1, 0.15) is 71.1 Å². The van der Waals surface area contributed by atoms with Crippen molar-refractivity contribution in [3.63, 3.8) is 0 Å². The van der Waals surface area contributed by atoms with Gasteiger partial charge >= 0.3 is 17.9 Å². The number of hydrogen-bond donors (Lipinski definition) is 3. The SMILES string of the molecule is CCCCCCCCCCC/C=C/C[N+](CC(=O)O)(CC(=O)O)CC(=O)O. The molecule has 0 fully saturated rings. The van der Waals surface area contributed by atoms with Crippen molar-refractivity contribution in [1.29, 1.82) is 0 Å². The summed E-state index contributed by atoms with van der Waals surface area (Å²) in [5.74, 6) is -3.61. The van der Waals surface area contributed by atoms with E-state index in [4.69, 9.17) is 15.3 Å². The zero-order valence-electron chi connectivity index (χ0n) is 16.6. The number of unbranched alkanes of at least 4 members (excludes halogenated alkanes) is 9. The number of carboxylic acid groups (broad SMARTS) is 3. The second kappa shape index (κ2) is 15.2. The summed E-state index contributed by atoms with van der Waals surface area (Å²) in [5.41, 5.74) is 0. The van der Waals surface area contributed by atoms with Crippen molar-refractivity contribution in [3.05, 3.63) is 12.2 Å². The molecule has 0 amide bonds. The monoisotopic (exact) mass is 386 g/mol. The lowest BCUT2D eigenvalue weighted by Gasteiger charge is -2.33. The molecule has 0 saturated heterocycles. The minimum atomic E-state index is -1.20. The van der Waals surface area contributed by atoms with E-state index in [1.807, 2.05) is 6.08 Å². The van der Waals surface area contributed by atoms with Crippen LogP contribution in [0.4, 0.5) is 0 Å². The van der Waals surface area contributed by atoms with E-state index in [0.29, 0.717) is 0 Å². The predicted molar refractivity (Wildman–Crippen MR) is 104 cm³/mol. The van der Waals surface area contributed by atoms with Crippen LogP contribution >= 0.6 is 0 Å². The topological polar surface area (TPSA) is 112 Å². The number of quaternary nitrogens is 1. The van der Waals surface area contributed by atoms with Gasteiger partial charge in [0.05, 0.1) is 6.54 Å². The highest BCUT2D eigenvalue weighted by Gasteiger charge is 2.34. The number of carboxylic acids is 3. The molecule has 0 aromatic rings. The molecule has 0 aromatic heterocycles. The van der Waals surface area contributed by atoms with Gasteiger partial charge < -0.3 is 15.3 Å². The average molecular weight is 387 g/mol. The molecule has 0 radical (unpaired) electrons. The number of rotatable bonds is 18. The zero-order valence-corrected chi connectivity index (χ0v) is 16.6. The summed E-state index contributed by atoms with van der Waals surface area (Å²) in [6, 6.07) is 0. The highest BCUT2D eigenvalue weighted by Crippen LogP contribution is 2.12. The van der Waals surface area contributed by atoms with Gasteiger partial charge in [-0.05, 0) is 18.9 Å². The molecule has 0 aliphatic heterocycles. The maximum atomic E-state index is 11.1. The Hall–Kier alpha value is -1.89. The van der Waals surface area contributed by atoms with Crippen molar-refractivity contribution >= 4 is 17.9 Å². The highest BCUT2D eigenvalue weighted by molar-refractivity contribution is 5.73. The van der Waals surface area contributed by atoms with Crippen LogP contribution in [0, 0.1) is 0 Å². The van der Waals surface area contributed by atoms with E-state index < -0.39 is 42.0 Å². The van der Waals surface area contributed by atoms with Crippen molar-refractivity contribution in [1.82, 2.24) is 0 Å². The molecule has 7 heteroatoms. The third-order valence-electron chi connectivity index (χ3n) is 4.55. The number of aliphatic carboxylic acids is 3. The Balaban J connectivity index is 4.23. The normalized spacial score (nSPS) is 11.7. The van der Waals surface area contributed by atoms with Gasteiger partial charge in [0.1, 0.15) is 0 Å². The van der Waals surface area contributed by atoms with Gasteiger partial charge in [-0.3, -0.25) is 4.48 Å². The summed E-state index contributed by atoms with van der Waals surface area (Å²) in [5, 5.41) is 27.1. The van der Waals surface area contributed by atoms with Gasteiger partial charge in [-0.2, -0.15) is 0 Å². The second-order valence-corrected chi connectivity index (χ2v) is 7.27. The van der Waals surface area contributed by atoms with Crippen molar-refractivity contribution in [3.8, 4) is 0 Å². The number of carbonyl (C=O) groups is 3. The summed E-state index contributed by atoms with van der Waals surface area (Å²) in [7, 11) is 0. The van der Waals surface area contributed by atoms with Gasteiger partial charge in [0.25, 0.3) is 0 Å². The van der Waals surface area contributed by atoms with E-state index in [1.54, 1.807) is 6.08 Å². The minimum absolute atomic E-state index is 0.0856. The smallest absolute Gasteiger partial charge is 0.359 e. The predicted octanol–water partition coefficient (Wildman–Crippen LogP) is 3.53. The first kappa shape index (κ1) is 25.1. The Kier molecular flexibility index (Phi) is 14.1. The van der Waals surface area contributed by atoms with Crippen molar-refractivity contribution in [2.75, 3.05) is 26.2 Å². The molecule has 0 bridgehead atoms. The first-order chi connectivity index (χ1) is 12.8. The Morgan fingerprint density at radius 1 is 0.667 bits per heavy atom. The summed E-state index contributed by atoms with van der Waals surface area (Å²) >= 11 is 0. The van der Waals surface area contributed by atoms with Crippen molar-refractivity contribution < 1.29 is 34.2 Å². The van der Waals surface area contributed by atoms with E-state index in [1.165, 1.54) is 44.9 Å². The third kappa shape index (κ3) is 14.9. The fourth-order valence-corrected chi connectivity index (χ4v) is 3.21. The fraction of sp³-hybridized carbons (Fsp3) is 0.750. The van der Waals surface area contributed by atoms with Gasteiger partial charge in [0.15, 0.2) is 19.6 Å². The van der Waals surface area contributed by atoms with Crippen LogP contribution in [-0.2, 0) is 14.4 Å². The molecule has 0 unspecified atom stereocenters. The zero-order chi connectivity index (χ0) is 20.5. The van der Waals surface area contributed by atoms with E-state index in [9.17, 15) is 14.4 Å². The largest absolute Gasteiger partial charge is 0.477 e. The minimum Gasteiger partial charge on any atom is -0.477 e. The van der Waals surface area contributed by atoms with Crippen molar-refractivity contribution in [2.45, 2.75) is 71.1 Å². The first-order valence-electron chi connectivity index (χ1n) is 9.97. The fourth-order valence-electron chi connectivity index (χ4n) is 3.21. The summed E-state index contributed by atoms with van der Waals surface area (Å²) in [4.78, 5) is 33.2. The van der Waals surface area contributed by atoms with E-state index >= 15 is 0 Å². The number of nitrogens with zero attached hydrogens (tertiary/aromatic N) is 1. The van der Waals surface area contributed by atoms with Crippen molar-refractivity contribution in [2.24, 2.45) is 0 Å². The molecule has 0 rings (SSSR count). The van der Waals surface area contributed by atoms with Crippen LogP contribution in [0.3, 0.4) is 0 Å². The molecule has 3 N–H and O–H groups in total. The van der Waals surface area contributed by atoms with Crippen LogP contribution < -0.4 is 0 Å². The molecule has 0 saturated carbocycles. The van der Waals surface area contributed by atoms with Crippen LogP contribution in [0.2, 0.25) is 0 Å². The number of allylic oxidation sites excluding steroid dienone is 1. The average Bonchev–Trinajstić information content (AvgIpc) is 2.53. The van der Waals surface area contributed by atoms with Gasteiger partial charge in [0, 0.05) is 0 Å². The maximum absolute atomic E-state index is 11.1. The Bertz CT molecular complexity index is 434. The Labute approximate surface area is 162 Å². The summed E-state index contributed by atoms with van der Waals surface area (Å²) < 4.78 is -0.520. The lowest BCUT2D eigenvalue weighted by molar-refractivity contribution is -0.902. The van der Waals surface area contributed by atoms with E-state index in [2.05, 4.69) is 6.92 Å². The summed E-state index contributed by atoms with van der Waals surface area (Å²) in [6.07, 6.45) is 15.6. The van der Waals surface area contributed by atoms with Crippen LogP contribution in [0.15, 0.2) is 12.2 Å². The lowest BCUT2D eigenvalue weighted by atomic mass is 10.1. The van der Waals surface area contributed by atoms with Crippen LogP contribution in [0.25, 0.3) is 0 Å². The maximum Gasteiger partial charge on any atom is 0.359 e. The lowest BCUT2D eigenvalue weighted by Crippen LogP contribution is -2.56. The second-order valence-electron chi connectivity index (χ2n) is 7.27. The van der Waals surface area contributed by atoms with Crippen LogP contribution in [0.5, 0.6) is 0 Å². The molecular formula is C20H36NO6+. The van der Waals surface area contributed by atoms with E-state index in [0.717, 1.165) is 19.3 Å². The quantitative estimate of drug-likeness (QED) is 0.189. The highest BCUT2D eigenvalue weighted by atomic mass is 16.4. The molecular weight excluding hydrogens is 350 g/mol. The molecule has 156 valence electrons. The van der Waals surface area contributed by atoms with Crippen LogP contribution in [-0.4, -0.2) is 63.9 Å². The summed E-state index contributed by atoms with van der Waals surface area (Å²) in [6.45, 7) is 0.715. The molecule has 0 aromatic carbocycles. The number of hydrogen-bond acceptors (Lipinski definition) is 3. The van der Waals surface area contributed by atoms with Gasteiger partial charge in [-0.1, -0.05) is 64.4 Å². The Morgan fingerprint density at radius 2 is 1.07 bits per heavy atom. The standard InChI is InChI=1S/C20H35NO6/c1-2-3-4-5-6-7-8-9-10-11-12-13-14-21(15-18(22)23,16-19(24)25)17-20(26)27/h12-13H,2-11,14-17H2,1H3,(H2-,22,23,24,25,26,27)/p+1/b13-12+. The molecule has 0 aliphatic rings. The molecule has 7 nitrogen and oxygen atoms in total. The molecule has 0 atom stereocenters. The van der Waals surface area contributed by atoms with Gasteiger partial charge in [0.2, 0.25) is 0 Å². The third-order valence-corrected chi connectivity index (χ3v) is 4.55. The van der Waals surface area contributed by atoms with Gasteiger partial charge in [-0.25, -0.2) is 14.4 Å². The molecule has 0 aliphatic carbocycles. The Morgan fingerprint density at radius 3 is 1.48 bits per heavy atom.